The predicted octanol–water partition coefficient (Wildman–Crippen LogP) is 2.00. The average molecular weight is 362 g/mol. The summed E-state index contributed by atoms with van der Waals surface area (Å²) in [7, 11) is -0.763. The summed E-state index contributed by atoms with van der Waals surface area (Å²) in [5.74, 6) is 0.719. The quantitative estimate of drug-likeness (QED) is 0.764. The molecule has 0 fully saturated rings. The number of anilines is 1. The monoisotopic (exact) mass is 362 g/mol. The Balaban J connectivity index is 2.11. The summed E-state index contributed by atoms with van der Waals surface area (Å²) < 4.78 is 33.0. The number of carbonyl (C=O) groups excluding carboxylic acids is 1. The number of carbonyl (C=O) groups is 1. The summed E-state index contributed by atoms with van der Waals surface area (Å²) in [5, 5.41) is 7.64. The molecule has 7 nitrogen and oxygen atoms in total. The van der Waals surface area contributed by atoms with E-state index in [9.17, 15) is 13.2 Å². The van der Waals surface area contributed by atoms with Crippen LogP contribution in [-0.4, -0.2) is 28.5 Å². The Kier molecular flexibility index (Phi) is 5.79. The Labute approximate surface area is 146 Å². The highest BCUT2D eigenvalue weighted by molar-refractivity contribution is 7.89. The molecule has 0 aliphatic rings. The minimum Gasteiger partial charge on any atom is -0.493 e. The lowest BCUT2D eigenvalue weighted by Gasteiger charge is -2.07. The van der Waals surface area contributed by atoms with Crippen LogP contribution in [0.5, 0.6) is 11.5 Å². The molecule has 0 bridgehead atoms. The van der Waals surface area contributed by atoms with Crippen molar-refractivity contribution in [3.8, 4) is 11.5 Å². The van der Waals surface area contributed by atoms with Gasteiger partial charge in [-0.25, -0.2) is 13.6 Å². The van der Waals surface area contributed by atoms with Crippen LogP contribution < -0.4 is 19.9 Å². The molecule has 3 N–H and O–H groups in total. The molecule has 0 aromatic heterocycles. The van der Waals surface area contributed by atoms with E-state index in [1.165, 1.54) is 38.5 Å². The number of hydrogen-bond donors (Lipinski definition) is 2. The summed E-state index contributed by atoms with van der Waals surface area (Å²) in [6.07, 6.45) is 2.92. The van der Waals surface area contributed by atoms with Crippen molar-refractivity contribution >= 4 is 27.7 Å². The third kappa shape index (κ3) is 5.07. The standard InChI is InChI=1S/C17H18N2O5S/c1-23-15-8-6-12(10-16(15)24-2)7-9-17(20)19-13-4-3-5-14(11-13)25(18,21)22/h3-11H,1-2H3,(H,19,20)(H2,18,21,22). The molecule has 2 aromatic carbocycles. The minimum atomic E-state index is -3.83. The SMILES string of the molecule is COc1ccc(C=CC(=O)Nc2cccc(S(N)(=O)=O)c2)cc1OC. The highest BCUT2D eigenvalue weighted by Crippen LogP contribution is 2.28. The number of rotatable bonds is 6. The van der Waals surface area contributed by atoms with Gasteiger partial charge in [0.15, 0.2) is 11.5 Å². The Morgan fingerprint density at radius 1 is 1.08 bits per heavy atom. The van der Waals surface area contributed by atoms with Crippen LogP contribution in [0.2, 0.25) is 0 Å². The lowest BCUT2D eigenvalue weighted by molar-refractivity contribution is -0.111. The number of benzene rings is 2. The normalized spacial score (nSPS) is 11.3. The topological polar surface area (TPSA) is 108 Å². The predicted molar refractivity (Wildman–Crippen MR) is 95.0 cm³/mol. The molecule has 8 heteroatoms. The third-order valence-corrected chi connectivity index (χ3v) is 4.18. The van der Waals surface area contributed by atoms with Crippen LogP contribution in [0.4, 0.5) is 5.69 Å². The zero-order valence-corrected chi connectivity index (χ0v) is 14.5. The zero-order chi connectivity index (χ0) is 18.4. The van der Waals surface area contributed by atoms with Gasteiger partial charge < -0.3 is 14.8 Å². The first-order chi connectivity index (χ1) is 11.8. The Morgan fingerprint density at radius 3 is 2.44 bits per heavy atom. The van der Waals surface area contributed by atoms with Gasteiger partial charge in [0, 0.05) is 11.8 Å². The van der Waals surface area contributed by atoms with Gasteiger partial charge >= 0.3 is 0 Å². The fraction of sp³-hybridized carbons (Fsp3) is 0.118. The molecule has 0 unspecified atom stereocenters. The van der Waals surface area contributed by atoms with E-state index in [4.69, 9.17) is 14.6 Å². The summed E-state index contributed by atoms with van der Waals surface area (Å²) in [5.41, 5.74) is 1.07. The van der Waals surface area contributed by atoms with Gasteiger partial charge in [0.05, 0.1) is 19.1 Å². The van der Waals surface area contributed by atoms with Gasteiger partial charge in [-0.3, -0.25) is 4.79 Å². The smallest absolute Gasteiger partial charge is 0.248 e. The van der Waals surface area contributed by atoms with Gasteiger partial charge in [-0.05, 0) is 42.0 Å². The van der Waals surface area contributed by atoms with Crippen LogP contribution in [-0.2, 0) is 14.8 Å². The molecule has 0 heterocycles. The molecule has 1 amide bonds. The zero-order valence-electron chi connectivity index (χ0n) is 13.7. The molecule has 0 saturated heterocycles. The molecule has 0 aliphatic heterocycles. The van der Waals surface area contributed by atoms with Gasteiger partial charge in [-0.1, -0.05) is 12.1 Å². The molecular formula is C17H18N2O5S. The number of nitrogens with two attached hydrogens (primary N) is 1. The molecule has 25 heavy (non-hydrogen) atoms. The van der Waals surface area contributed by atoms with Crippen molar-refractivity contribution in [3.05, 3.63) is 54.1 Å². The molecular weight excluding hydrogens is 344 g/mol. The maximum absolute atomic E-state index is 12.0. The van der Waals surface area contributed by atoms with Crippen LogP contribution in [0, 0.1) is 0 Å². The van der Waals surface area contributed by atoms with E-state index in [-0.39, 0.29) is 4.90 Å². The summed E-state index contributed by atoms with van der Waals surface area (Å²) >= 11 is 0. The van der Waals surface area contributed by atoms with Crippen molar-refractivity contribution in [1.29, 1.82) is 0 Å². The van der Waals surface area contributed by atoms with E-state index in [1.54, 1.807) is 30.3 Å². The molecule has 0 atom stereocenters. The van der Waals surface area contributed by atoms with Gasteiger partial charge in [0.25, 0.3) is 0 Å². The molecule has 0 aliphatic carbocycles. The second-order valence-corrected chi connectivity index (χ2v) is 6.57. The molecule has 0 saturated carbocycles. The number of hydrogen-bond acceptors (Lipinski definition) is 5. The first-order valence-corrected chi connectivity index (χ1v) is 8.72. The summed E-state index contributed by atoms with van der Waals surface area (Å²) in [6, 6.07) is 10.9. The molecule has 0 radical (unpaired) electrons. The first kappa shape index (κ1) is 18.5. The second-order valence-electron chi connectivity index (χ2n) is 5.01. The molecule has 2 aromatic rings. The lowest BCUT2D eigenvalue weighted by atomic mass is 10.2. The number of ether oxygens (including phenoxy) is 2. The van der Waals surface area contributed by atoms with Crippen molar-refractivity contribution in [3.63, 3.8) is 0 Å². The second kappa shape index (κ2) is 7.82. The number of primary sulfonamides is 1. The van der Waals surface area contributed by atoms with Crippen molar-refractivity contribution < 1.29 is 22.7 Å². The average Bonchev–Trinajstić information content (AvgIpc) is 2.59. The van der Waals surface area contributed by atoms with E-state index in [0.717, 1.165) is 5.56 Å². The third-order valence-electron chi connectivity index (χ3n) is 3.26. The fourth-order valence-electron chi connectivity index (χ4n) is 2.06. The Bertz CT molecular complexity index is 907. The number of amides is 1. The maximum atomic E-state index is 12.0. The Morgan fingerprint density at radius 2 is 1.80 bits per heavy atom. The minimum absolute atomic E-state index is 0.0748. The highest BCUT2D eigenvalue weighted by Gasteiger charge is 2.08. The van der Waals surface area contributed by atoms with Gasteiger partial charge in [0.2, 0.25) is 15.9 Å². The Hall–Kier alpha value is -2.84. The van der Waals surface area contributed by atoms with Crippen LogP contribution in [0.15, 0.2) is 53.4 Å². The summed E-state index contributed by atoms with van der Waals surface area (Å²) in [4.78, 5) is 11.9. The molecule has 132 valence electrons. The van der Waals surface area contributed by atoms with E-state index in [1.807, 2.05) is 0 Å². The highest BCUT2D eigenvalue weighted by atomic mass is 32.2. The van der Waals surface area contributed by atoms with Crippen LogP contribution in [0.3, 0.4) is 0 Å². The van der Waals surface area contributed by atoms with Crippen molar-refractivity contribution in [1.82, 2.24) is 0 Å². The van der Waals surface area contributed by atoms with Crippen LogP contribution >= 0.6 is 0 Å². The summed E-state index contributed by atoms with van der Waals surface area (Å²) in [6.45, 7) is 0. The van der Waals surface area contributed by atoms with Crippen molar-refractivity contribution in [2.45, 2.75) is 4.90 Å². The molecule has 2 rings (SSSR count). The van der Waals surface area contributed by atoms with E-state index < -0.39 is 15.9 Å². The van der Waals surface area contributed by atoms with E-state index in [0.29, 0.717) is 17.2 Å². The van der Waals surface area contributed by atoms with Crippen molar-refractivity contribution in [2.75, 3.05) is 19.5 Å². The lowest BCUT2D eigenvalue weighted by Crippen LogP contribution is -2.13. The largest absolute Gasteiger partial charge is 0.493 e. The number of sulfonamides is 1. The number of nitrogens with one attached hydrogen (secondary N) is 1. The van der Waals surface area contributed by atoms with Gasteiger partial charge in [-0.2, -0.15) is 0 Å². The molecule has 0 spiro atoms. The van der Waals surface area contributed by atoms with Gasteiger partial charge in [-0.15, -0.1) is 0 Å². The van der Waals surface area contributed by atoms with Crippen LogP contribution in [0.1, 0.15) is 5.56 Å². The number of methoxy groups -OCH3 is 2. The van der Waals surface area contributed by atoms with E-state index in [2.05, 4.69) is 5.32 Å². The van der Waals surface area contributed by atoms with Gasteiger partial charge in [0.1, 0.15) is 0 Å². The fourth-order valence-corrected chi connectivity index (χ4v) is 2.62. The first-order valence-electron chi connectivity index (χ1n) is 7.17. The van der Waals surface area contributed by atoms with E-state index >= 15 is 0 Å². The maximum Gasteiger partial charge on any atom is 0.248 e. The van der Waals surface area contributed by atoms with Crippen LogP contribution in [0.25, 0.3) is 6.08 Å². The van der Waals surface area contributed by atoms with Crippen molar-refractivity contribution in [2.24, 2.45) is 5.14 Å².